The Morgan fingerprint density at radius 1 is 1.17 bits per heavy atom. The van der Waals surface area contributed by atoms with Gasteiger partial charge in [-0.15, -0.1) is 0 Å². The van der Waals surface area contributed by atoms with Gasteiger partial charge in [0.2, 0.25) is 5.91 Å². The fourth-order valence-corrected chi connectivity index (χ4v) is 5.20. The Kier molecular flexibility index (Phi) is 4.93. The molecule has 8 nitrogen and oxygen atoms in total. The SMILES string of the molecule is CC(C)(C)N(C(=O)O)C1CCN(C[C@@H]2CN3C(=O)CCc4ccc(=O)n2c43)CC1. The molecule has 1 atom stereocenters. The molecule has 29 heavy (non-hydrogen) atoms. The highest BCUT2D eigenvalue weighted by Gasteiger charge is 2.39. The van der Waals surface area contributed by atoms with E-state index in [4.69, 9.17) is 0 Å². The van der Waals surface area contributed by atoms with Gasteiger partial charge < -0.3 is 14.9 Å². The summed E-state index contributed by atoms with van der Waals surface area (Å²) in [7, 11) is 0. The van der Waals surface area contributed by atoms with Crippen molar-refractivity contribution in [2.24, 2.45) is 0 Å². The van der Waals surface area contributed by atoms with Crippen LogP contribution < -0.4 is 10.5 Å². The summed E-state index contributed by atoms with van der Waals surface area (Å²) < 4.78 is 1.80. The highest BCUT2D eigenvalue weighted by molar-refractivity contribution is 5.96. The number of pyridine rings is 1. The van der Waals surface area contributed by atoms with Crippen LogP contribution in [-0.2, 0) is 11.2 Å². The second-order valence-electron chi connectivity index (χ2n) is 9.40. The predicted molar refractivity (Wildman–Crippen MR) is 109 cm³/mol. The average Bonchev–Trinajstić information content (AvgIpc) is 3.02. The van der Waals surface area contributed by atoms with Gasteiger partial charge in [-0.1, -0.05) is 0 Å². The first-order chi connectivity index (χ1) is 13.7. The van der Waals surface area contributed by atoms with Crippen molar-refractivity contribution in [1.29, 1.82) is 0 Å². The number of carbonyl (C=O) groups is 2. The third-order valence-corrected chi connectivity index (χ3v) is 6.42. The quantitative estimate of drug-likeness (QED) is 0.835. The Hall–Kier alpha value is -2.35. The molecular formula is C21H30N4O4. The second kappa shape index (κ2) is 7.16. The van der Waals surface area contributed by atoms with Gasteiger partial charge in [0.05, 0.1) is 6.04 Å². The monoisotopic (exact) mass is 402 g/mol. The number of hydrogen-bond donors (Lipinski definition) is 1. The van der Waals surface area contributed by atoms with Crippen LogP contribution >= 0.6 is 0 Å². The largest absolute Gasteiger partial charge is 0.465 e. The van der Waals surface area contributed by atoms with Crippen molar-refractivity contribution in [3.05, 3.63) is 28.0 Å². The molecule has 1 N–H and O–H groups in total. The maximum atomic E-state index is 12.6. The molecule has 3 aliphatic rings. The third-order valence-electron chi connectivity index (χ3n) is 6.42. The molecule has 0 bridgehead atoms. The van der Waals surface area contributed by atoms with Gasteiger partial charge in [0.25, 0.3) is 5.56 Å². The van der Waals surface area contributed by atoms with Crippen LogP contribution in [0, 0.1) is 0 Å². The summed E-state index contributed by atoms with van der Waals surface area (Å²) in [5, 5.41) is 9.65. The fraction of sp³-hybridized carbons (Fsp3) is 0.667. The zero-order valence-corrected chi connectivity index (χ0v) is 17.4. The Morgan fingerprint density at radius 2 is 1.86 bits per heavy atom. The van der Waals surface area contributed by atoms with Crippen molar-refractivity contribution in [2.75, 3.05) is 31.1 Å². The standard InChI is InChI=1S/C21H30N4O4/c1-21(2,3)25(20(28)29)15-8-10-22(11-9-15)12-16-13-23-17(26)6-4-14-5-7-18(27)24(16)19(14)23/h5,7,15-16H,4,6,8-13H2,1-3H3,(H,28,29)/t16-/m1/s1. The van der Waals surface area contributed by atoms with E-state index < -0.39 is 11.6 Å². The highest BCUT2D eigenvalue weighted by atomic mass is 16.4. The molecule has 4 heterocycles. The summed E-state index contributed by atoms with van der Waals surface area (Å²) >= 11 is 0. The normalized spacial score (nSPS) is 22.7. The van der Waals surface area contributed by atoms with Crippen molar-refractivity contribution in [3.63, 3.8) is 0 Å². The van der Waals surface area contributed by atoms with Gasteiger partial charge in [0, 0.05) is 50.2 Å². The highest BCUT2D eigenvalue weighted by Crippen LogP contribution is 2.35. The Labute approximate surface area is 170 Å². The van der Waals surface area contributed by atoms with Gasteiger partial charge in [-0.2, -0.15) is 0 Å². The van der Waals surface area contributed by atoms with Crippen LogP contribution in [0.25, 0.3) is 0 Å². The van der Waals surface area contributed by atoms with E-state index in [1.165, 1.54) is 0 Å². The first-order valence-electron chi connectivity index (χ1n) is 10.5. The molecular weight excluding hydrogens is 372 g/mol. The summed E-state index contributed by atoms with van der Waals surface area (Å²) in [5.41, 5.74) is 0.599. The molecule has 3 aliphatic heterocycles. The van der Waals surface area contributed by atoms with Gasteiger partial charge in [0.1, 0.15) is 5.82 Å². The van der Waals surface area contributed by atoms with Gasteiger partial charge in [-0.05, 0) is 51.7 Å². The molecule has 0 unspecified atom stereocenters. The number of nitrogens with zero attached hydrogens (tertiary/aromatic N) is 4. The van der Waals surface area contributed by atoms with Gasteiger partial charge in [0.15, 0.2) is 0 Å². The van der Waals surface area contributed by atoms with Gasteiger partial charge in [-0.3, -0.25) is 19.1 Å². The van der Waals surface area contributed by atoms with Crippen LogP contribution in [-0.4, -0.2) is 69.2 Å². The van der Waals surface area contributed by atoms with E-state index in [0.29, 0.717) is 25.9 Å². The zero-order valence-electron chi connectivity index (χ0n) is 17.4. The lowest BCUT2D eigenvalue weighted by Crippen LogP contribution is -2.55. The van der Waals surface area contributed by atoms with E-state index in [9.17, 15) is 19.5 Å². The lowest BCUT2D eigenvalue weighted by Gasteiger charge is -2.43. The van der Waals surface area contributed by atoms with Crippen LogP contribution in [0.4, 0.5) is 10.6 Å². The number of anilines is 1. The van der Waals surface area contributed by atoms with E-state index in [-0.39, 0.29) is 23.6 Å². The summed E-state index contributed by atoms with van der Waals surface area (Å²) in [4.78, 5) is 42.4. The van der Waals surface area contributed by atoms with E-state index in [1.54, 1.807) is 20.4 Å². The number of piperidine rings is 1. The molecule has 1 fully saturated rings. The molecule has 2 amide bonds. The van der Waals surface area contributed by atoms with Gasteiger partial charge >= 0.3 is 6.09 Å². The molecule has 158 valence electrons. The molecule has 1 aromatic heterocycles. The Balaban J connectivity index is 1.47. The molecule has 0 spiro atoms. The molecule has 0 saturated carbocycles. The van der Waals surface area contributed by atoms with Crippen molar-refractivity contribution >= 4 is 17.8 Å². The first-order valence-corrected chi connectivity index (χ1v) is 10.5. The minimum Gasteiger partial charge on any atom is -0.465 e. The summed E-state index contributed by atoms with van der Waals surface area (Å²) in [6, 6.07) is 3.43. The number of aromatic nitrogens is 1. The van der Waals surface area contributed by atoms with Crippen LogP contribution in [0.3, 0.4) is 0 Å². The number of amides is 2. The molecule has 1 saturated heterocycles. The summed E-state index contributed by atoms with van der Waals surface area (Å²) in [6.07, 6.45) is 1.89. The minimum absolute atomic E-state index is 0.00843. The Morgan fingerprint density at radius 3 is 2.48 bits per heavy atom. The molecule has 4 rings (SSSR count). The van der Waals surface area contributed by atoms with Crippen molar-refractivity contribution in [2.45, 2.75) is 64.1 Å². The first kappa shape index (κ1) is 19.9. The van der Waals surface area contributed by atoms with Crippen LogP contribution in [0.15, 0.2) is 16.9 Å². The molecule has 0 aromatic carbocycles. The molecule has 0 radical (unpaired) electrons. The number of carbonyl (C=O) groups excluding carboxylic acids is 1. The number of aryl methyl sites for hydroxylation is 1. The molecule has 1 aromatic rings. The Bertz CT molecular complexity index is 880. The lowest BCUT2D eigenvalue weighted by atomic mass is 9.96. The average molecular weight is 402 g/mol. The number of hydrogen-bond acceptors (Lipinski definition) is 4. The summed E-state index contributed by atoms with van der Waals surface area (Å²) in [5.74, 6) is 0.888. The molecule has 0 aliphatic carbocycles. The number of carboxylic acid groups (broad SMARTS) is 1. The fourth-order valence-electron chi connectivity index (χ4n) is 5.20. The van der Waals surface area contributed by atoms with Crippen LogP contribution in [0.5, 0.6) is 0 Å². The third kappa shape index (κ3) is 3.54. The van der Waals surface area contributed by atoms with E-state index >= 15 is 0 Å². The lowest BCUT2D eigenvalue weighted by molar-refractivity contribution is -0.118. The predicted octanol–water partition coefficient (Wildman–Crippen LogP) is 1.93. The zero-order chi connectivity index (χ0) is 20.9. The maximum absolute atomic E-state index is 12.6. The number of rotatable bonds is 3. The van der Waals surface area contributed by atoms with E-state index in [1.807, 2.05) is 26.8 Å². The van der Waals surface area contributed by atoms with Gasteiger partial charge in [-0.25, -0.2) is 4.79 Å². The number of likely N-dealkylation sites (tertiary alicyclic amines) is 1. The van der Waals surface area contributed by atoms with Crippen molar-refractivity contribution < 1.29 is 14.7 Å². The molecule has 8 heteroatoms. The van der Waals surface area contributed by atoms with E-state index in [0.717, 1.165) is 37.3 Å². The summed E-state index contributed by atoms with van der Waals surface area (Å²) in [6.45, 7) is 8.63. The second-order valence-corrected chi connectivity index (χ2v) is 9.40. The minimum atomic E-state index is -0.868. The topological polar surface area (TPSA) is 86.1 Å². The van der Waals surface area contributed by atoms with Crippen LogP contribution in [0.1, 0.15) is 51.6 Å². The van der Waals surface area contributed by atoms with Crippen molar-refractivity contribution in [1.82, 2.24) is 14.4 Å². The van der Waals surface area contributed by atoms with E-state index in [2.05, 4.69) is 4.90 Å². The maximum Gasteiger partial charge on any atom is 0.407 e. The van der Waals surface area contributed by atoms with Crippen LogP contribution in [0.2, 0.25) is 0 Å². The van der Waals surface area contributed by atoms with Crippen molar-refractivity contribution in [3.8, 4) is 0 Å². The smallest absolute Gasteiger partial charge is 0.407 e.